The third kappa shape index (κ3) is 3.55. The van der Waals surface area contributed by atoms with Gasteiger partial charge in [-0.25, -0.2) is 5.11 Å². The highest BCUT2D eigenvalue weighted by Gasteiger charge is 2.63. The maximum atomic E-state index is 13.8. The Morgan fingerprint density at radius 3 is 2.59 bits per heavy atom. The highest BCUT2D eigenvalue weighted by atomic mass is 16.3. The van der Waals surface area contributed by atoms with Crippen LogP contribution < -0.4 is 0 Å². The van der Waals surface area contributed by atoms with E-state index in [4.69, 9.17) is 0 Å². The molecule has 2 heteroatoms. The molecule has 3 fully saturated rings. The Labute approximate surface area is 179 Å². The molecule has 0 saturated heterocycles. The molecule has 2 nitrogen and oxygen atoms in total. The molecule has 3 saturated carbocycles. The summed E-state index contributed by atoms with van der Waals surface area (Å²) in [6.45, 7) is 11.9. The summed E-state index contributed by atoms with van der Waals surface area (Å²) in [7, 11) is 0. The highest BCUT2D eigenvalue weighted by Crippen LogP contribution is 2.67. The smallest absolute Gasteiger partial charge is 0.0991 e. The van der Waals surface area contributed by atoms with Gasteiger partial charge >= 0.3 is 0 Å². The van der Waals surface area contributed by atoms with Crippen LogP contribution in [0.1, 0.15) is 98.8 Å². The van der Waals surface area contributed by atoms with Crippen LogP contribution in [0, 0.1) is 46.3 Å². The summed E-state index contributed by atoms with van der Waals surface area (Å²) in [5.41, 5.74) is 1.64. The van der Waals surface area contributed by atoms with Gasteiger partial charge < -0.3 is 5.11 Å². The first-order valence-electron chi connectivity index (χ1n) is 12.7. The van der Waals surface area contributed by atoms with E-state index in [0.717, 1.165) is 38.0 Å². The Morgan fingerprint density at radius 1 is 1.10 bits per heavy atom. The second kappa shape index (κ2) is 7.97. The van der Waals surface area contributed by atoms with Crippen molar-refractivity contribution in [3.63, 3.8) is 0 Å². The lowest BCUT2D eigenvalue weighted by Crippen LogP contribution is -2.56. The lowest BCUT2D eigenvalue weighted by atomic mass is 9.46. The first-order chi connectivity index (χ1) is 13.7. The maximum absolute atomic E-state index is 13.8. The molecule has 4 aliphatic carbocycles. The van der Waals surface area contributed by atoms with E-state index in [1.165, 1.54) is 37.7 Å². The number of hydrogen-bond acceptors (Lipinski definition) is 1. The van der Waals surface area contributed by atoms with Crippen LogP contribution in [0.3, 0.4) is 0 Å². The fourth-order valence-corrected chi connectivity index (χ4v) is 8.59. The molecule has 1 N–H and O–H groups in total. The monoisotopic (exact) mass is 401 g/mol. The van der Waals surface area contributed by atoms with E-state index >= 15 is 0 Å². The summed E-state index contributed by atoms with van der Waals surface area (Å²) < 4.78 is 0. The molecule has 4 rings (SSSR count). The van der Waals surface area contributed by atoms with Crippen LogP contribution in [0.4, 0.5) is 0 Å². The second-order valence-electron chi connectivity index (χ2n) is 12.2. The van der Waals surface area contributed by atoms with E-state index in [0.29, 0.717) is 29.6 Å². The molecule has 0 heterocycles. The van der Waals surface area contributed by atoms with Gasteiger partial charge in [0.1, 0.15) is 0 Å². The van der Waals surface area contributed by atoms with Crippen LogP contribution in [0.2, 0.25) is 0 Å². The standard InChI is InChI=1S/C27H45O2/c1-17(2)7-6-8-18(3)22-11-12-23-21-10-9-19-15-20(28)13-14-26(19,4)24(21)16-25(29)27(22,23)5/h9,17-18,20-25,28H,6-8,10-16H2,1-5H3/t18-,20+,21+,22-,23+,24+,25?,26+,27-/m1/s1. The van der Waals surface area contributed by atoms with Gasteiger partial charge in [-0.2, -0.15) is 0 Å². The molecule has 0 aromatic carbocycles. The lowest BCUT2D eigenvalue weighted by molar-refractivity contribution is -0.159. The average molecular weight is 402 g/mol. The SMILES string of the molecule is CC(C)CCC[C@@H](C)[C@H]1CC[C@H]2[C@@H]3CC=C4C[C@@H](O)CC[C@]4(C)[C@H]3CC([O])[C@]12C. The summed E-state index contributed by atoms with van der Waals surface area (Å²) in [5, 5.41) is 24.0. The minimum absolute atomic E-state index is 0.00566. The van der Waals surface area contributed by atoms with E-state index in [1.807, 2.05) is 0 Å². The molecular weight excluding hydrogens is 356 g/mol. The summed E-state index contributed by atoms with van der Waals surface area (Å²) in [6.07, 6.45) is 13.3. The van der Waals surface area contributed by atoms with Gasteiger partial charge in [0.05, 0.1) is 12.2 Å². The van der Waals surface area contributed by atoms with Crippen molar-refractivity contribution < 1.29 is 10.2 Å². The Hall–Kier alpha value is -0.340. The van der Waals surface area contributed by atoms with Crippen molar-refractivity contribution in [3.8, 4) is 0 Å². The molecule has 0 aliphatic heterocycles. The van der Waals surface area contributed by atoms with Crippen LogP contribution in [-0.2, 0) is 5.11 Å². The molecule has 0 amide bonds. The Kier molecular flexibility index (Phi) is 6.01. The van der Waals surface area contributed by atoms with Gasteiger partial charge in [-0.05, 0) is 85.9 Å². The quantitative estimate of drug-likeness (QED) is 0.506. The molecule has 0 aromatic heterocycles. The molecule has 0 aromatic rings. The van der Waals surface area contributed by atoms with Crippen molar-refractivity contribution in [3.05, 3.63) is 11.6 Å². The fourth-order valence-electron chi connectivity index (χ4n) is 8.59. The minimum Gasteiger partial charge on any atom is -0.393 e. The molecule has 1 unspecified atom stereocenters. The van der Waals surface area contributed by atoms with Gasteiger partial charge in [0.2, 0.25) is 0 Å². The molecule has 165 valence electrons. The van der Waals surface area contributed by atoms with E-state index in [-0.39, 0.29) is 16.9 Å². The van der Waals surface area contributed by atoms with Crippen molar-refractivity contribution in [1.29, 1.82) is 0 Å². The topological polar surface area (TPSA) is 40.1 Å². The van der Waals surface area contributed by atoms with Gasteiger partial charge in [-0.1, -0.05) is 65.5 Å². The fraction of sp³-hybridized carbons (Fsp3) is 0.926. The van der Waals surface area contributed by atoms with Crippen molar-refractivity contribution in [2.24, 2.45) is 46.3 Å². The third-order valence-electron chi connectivity index (χ3n) is 10.4. The summed E-state index contributed by atoms with van der Waals surface area (Å²) in [5.74, 6) is 3.95. The van der Waals surface area contributed by atoms with Crippen LogP contribution in [-0.4, -0.2) is 17.3 Å². The number of allylic oxidation sites excluding steroid dienone is 1. The number of fused-ring (bicyclic) bond motifs is 5. The minimum atomic E-state index is -0.406. The van der Waals surface area contributed by atoms with E-state index in [1.54, 1.807) is 0 Å². The Bertz CT molecular complexity index is 624. The van der Waals surface area contributed by atoms with Crippen molar-refractivity contribution in [2.75, 3.05) is 0 Å². The van der Waals surface area contributed by atoms with Crippen molar-refractivity contribution in [2.45, 2.75) is 111 Å². The normalized spacial score (nSPS) is 47.9. The molecule has 29 heavy (non-hydrogen) atoms. The van der Waals surface area contributed by atoms with Gasteiger partial charge in [0.15, 0.2) is 0 Å². The summed E-state index contributed by atoms with van der Waals surface area (Å²) in [4.78, 5) is 0. The zero-order chi connectivity index (χ0) is 21.0. The van der Waals surface area contributed by atoms with E-state index in [9.17, 15) is 10.2 Å². The zero-order valence-electron chi connectivity index (χ0n) is 19.6. The van der Waals surface area contributed by atoms with E-state index < -0.39 is 6.10 Å². The van der Waals surface area contributed by atoms with Crippen LogP contribution in [0.5, 0.6) is 0 Å². The largest absolute Gasteiger partial charge is 0.393 e. The maximum Gasteiger partial charge on any atom is 0.0991 e. The first kappa shape index (κ1) is 21.9. The first-order valence-corrected chi connectivity index (χ1v) is 12.7. The van der Waals surface area contributed by atoms with Gasteiger partial charge in [0, 0.05) is 5.41 Å². The van der Waals surface area contributed by atoms with Gasteiger partial charge in [0.25, 0.3) is 0 Å². The molecule has 0 bridgehead atoms. The number of aliphatic hydroxyl groups is 1. The van der Waals surface area contributed by atoms with Crippen LogP contribution >= 0.6 is 0 Å². The molecule has 4 aliphatic rings. The highest BCUT2D eigenvalue weighted by molar-refractivity contribution is 5.26. The van der Waals surface area contributed by atoms with E-state index in [2.05, 4.69) is 40.7 Å². The van der Waals surface area contributed by atoms with Crippen molar-refractivity contribution >= 4 is 0 Å². The van der Waals surface area contributed by atoms with Crippen LogP contribution in [0.25, 0.3) is 0 Å². The predicted molar refractivity (Wildman–Crippen MR) is 119 cm³/mol. The predicted octanol–water partition coefficient (Wildman–Crippen LogP) is 6.80. The Morgan fingerprint density at radius 2 is 1.86 bits per heavy atom. The number of rotatable bonds is 5. The zero-order valence-corrected chi connectivity index (χ0v) is 19.6. The van der Waals surface area contributed by atoms with Crippen molar-refractivity contribution in [1.82, 2.24) is 0 Å². The molecule has 9 atom stereocenters. The second-order valence-corrected chi connectivity index (χ2v) is 12.2. The number of hydrogen-bond donors (Lipinski definition) is 1. The third-order valence-corrected chi connectivity index (χ3v) is 10.4. The molecule has 0 spiro atoms. The molecule has 1 radical (unpaired) electrons. The average Bonchev–Trinajstić information content (AvgIpc) is 3.02. The molecular formula is C27H45O2. The van der Waals surface area contributed by atoms with Gasteiger partial charge in [-0.3, -0.25) is 0 Å². The Balaban J connectivity index is 1.54. The lowest BCUT2D eigenvalue weighted by Gasteiger charge is -2.59. The van der Waals surface area contributed by atoms with Crippen LogP contribution in [0.15, 0.2) is 11.6 Å². The summed E-state index contributed by atoms with van der Waals surface area (Å²) >= 11 is 0. The van der Waals surface area contributed by atoms with Gasteiger partial charge in [-0.15, -0.1) is 0 Å². The summed E-state index contributed by atoms with van der Waals surface area (Å²) in [6, 6.07) is 0. The number of aliphatic hydroxyl groups excluding tert-OH is 1.